The Balaban J connectivity index is 2.10. The summed E-state index contributed by atoms with van der Waals surface area (Å²) in [6.45, 7) is 4.18. The van der Waals surface area contributed by atoms with Crippen molar-refractivity contribution in [2.45, 2.75) is 13.8 Å². The van der Waals surface area contributed by atoms with Gasteiger partial charge in [-0.2, -0.15) is 5.10 Å². The van der Waals surface area contributed by atoms with E-state index >= 15 is 0 Å². The molecular formula is C22H21N2P. The molecule has 3 heteroatoms. The molecule has 0 aliphatic rings. The van der Waals surface area contributed by atoms with Crippen molar-refractivity contribution >= 4 is 31.3 Å². The molecule has 0 aliphatic carbocycles. The van der Waals surface area contributed by atoms with Crippen LogP contribution in [0.4, 0.5) is 11.4 Å². The van der Waals surface area contributed by atoms with Crippen LogP contribution in [-0.2, 0) is 0 Å². The van der Waals surface area contributed by atoms with Gasteiger partial charge in [0.1, 0.15) is 5.45 Å². The average molecular weight is 344 g/mol. The molecule has 0 saturated carbocycles. The lowest BCUT2D eigenvalue weighted by atomic mass is 10.2. The van der Waals surface area contributed by atoms with Crippen molar-refractivity contribution in [3.63, 3.8) is 0 Å². The monoisotopic (exact) mass is 344 g/mol. The molecule has 0 aliphatic heterocycles. The van der Waals surface area contributed by atoms with Gasteiger partial charge in [0.15, 0.2) is 0 Å². The van der Waals surface area contributed by atoms with Gasteiger partial charge in [-0.05, 0) is 38.1 Å². The fraction of sp³-hybridized carbons (Fsp3) is 0.0909. The van der Waals surface area contributed by atoms with Crippen LogP contribution in [0.15, 0.2) is 84.0 Å². The van der Waals surface area contributed by atoms with E-state index in [9.17, 15) is 0 Å². The topological polar surface area (TPSA) is 15.6 Å². The van der Waals surface area contributed by atoms with Crippen molar-refractivity contribution in [2.24, 2.45) is 5.10 Å². The fourth-order valence-electron chi connectivity index (χ4n) is 2.50. The van der Waals surface area contributed by atoms with E-state index in [4.69, 9.17) is 5.10 Å². The number of anilines is 2. The van der Waals surface area contributed by atoms with Crippen LogP contribution in [0.2, 0.25) is 0 Å². The Morgan fingerprint density at radius 1 is 0.760 bits per heavy atom. The van der Waals surface area contributed by atoms with Crippen LogP contribution >= 0.6 is 8.20 Å². The predicted octanol–water partition coefficient (Wildman–Crippen LogP) is 6.18. The molecule has 3 aromatic carbocycles. The predicted molar refractivity (Wildman–Crippen MR) is 112 cm³/mol. The second kappa shape index (κ2) is 7.92. The highest BCUT2D eigenvalue weighted by Crippen LogP contribution is 2.28. The van der Waals surface area contributed by atoms with E-state index in [-0.39, 0.29) is 0 Å². The average Bonchev–Trinajstić information content (AvgIpc) is 2.65. The highest BCUT2D eigenvalue weighted by atomic mass is 31.1. The molecule has 0 radical (unpaired) electrons. The van der Waals surface area contributed by atoms with Gasteiger partial charge in [-0.15, -0.1) is 0 Å². The van der Waals surface area contributed by atoms with Crippen LogP contribution in [0.3, 0.4) is 0 Å². The van der Waals surface area contributed by atoms with Crippen LogP contribution in [0.1, 0.15) is 16.7 Å². The van der Waals surface area contributed by atoms with Crippen molar-refractivity contribution in [1.82, 2.24) is 0 Å². The van der Waals surface area contributed by atoms with Gasteiger partial charge in [-0.25, -0.2) is 5.01 Å². The zero-order chi connectivity index (χ0) is 17.6. The second-order valence-corrected chi connectivity index (χ2v) is 6.67. The minimum Gasteiger partial charge on any atom is -0.233 e. The first kappa shape index (κ1) is 17.1. The smallest absolute Gasteiger partial charge is 0.117 e. The van der Waals surface area contributed by atoms with Crippen LogP contribution in [0.25, 0.3) is 0 Å². The largest absolute Gasteiger partial charge is 0.233 e. The first-order valence-corrected chi connectivity index (χ1v) is 9.29. The van der Waals surface area contributed by atoms with Gasteiger partial charge in [0.25, 0.3) is 0 Å². The molecule has 0 aromatic heterocycles. The maximum atomic E-state index is 4.94. The molecule has 2 nitrogen and oxygen atoms in total. The Hall–Kier alpha value is -2.70. The Kier molecular flexibility index (Phi) is 5.42. The Labute approximate surface area is 151 Å². The number of hydrogen-bond donors (Lipinski definition) is 0. The summed E-state index contributed by atoms with van der Waals surface area (Å²) in [4.78, 5) is 0. The summed E-state index contributed by atoms with van der Waals surface area (Å²) in [5.41, 5.74) is 6.55. The van der Waals surface area contributed by atoms with Gasteiger partial charge in [0, 0.05) is 5.56 Å². The first-order chi connectivity index (χ1) is 12.2. The summed E-state index contributed by atoms with van der Waals surface area (Å²) in [5.74, 6) is 0. The molecule has 0 unspecified atom stereocenters. The summed E-state index contributed by atoms with van der Waals surface area (Å²) < 4.78 is 0. The molecular weight excluding hydrogens is 323 g/mol. The quantitative estimate of drug-likeness (QED) is 0.306. The number of hydrogen-bond acceptors (Lipinski definition) is 2. The van der Waals surface area contributed by atoms with E-state index in [1.165, 1.54) is 11.1 Å². The minimum atomic E-state index is 0.884. The fourth-order valence-corrected chi connectivity index (χ4v) is 2.98. The van der Waals surface area contributed by atoms with Crippen LogP contribution in [0, 0.1) is 13.8 Å². The molecule has 25 heavy (non-hydrogen) atoms. The van der Waals surface area contributed by atoms with E-state index in [1.54, 1.807) is 0 Å². The maximum absolute atomic E-state index is 4.94. The van der Waals surface area contributed by atoms with E-state index in [1.807, 2.05) is 23.2 Å². The van der Waals surface area contributed by atoms with Crippen molar-refractivity contribution in [3.8, 4) is 0 Å². The lowest BCUT2D eigenvalue weighted by Crippen LogP contribution is -2.12. The van der Waals surface area contributed by atoms with Gasteiger partial charge in [0.2, 0.25) is 0 Å². The van der Waals surface area contributed by atoms with Crippen molar-refractivity contribution < 1.29 is 0 Å². The second-order valence-electron chi connectivity index (χ2n) is 5.93. The number of rotatable bonds is 5. The van der Waals surface area contributed by atoms with Crippen molar-refractivity contribution in [1.29, 1.82) is 0 Å². The molecule has 0 amide bonds. The highest BCUT2D eigenvalue weighted by molar-refractivity contribution is 7.57. The van der Waals surface area contributed by atoms with Gasteiger partial charge in [0.05, 0.1) is 11.4 Å². The molecule has 124 valence electrons. The molecule has 0 heterocycles. The minimum absolute atomic E-state index is 0.884. The normalized spacial score (nSPS) is 11.5. The third-order valence-electron chi connectivity index (χ3n) is 3.93. The summed E-state index contributed by atoms with van der Waals surface area (Å²) in [6.07, 6.45) is 4.05. The molecule has 0 saturated heterocycles. The Morgan fingerprint density at radius 2 is 1.24 bits per heavy atom. The van der Waals surface area contributed by atoms with Crippen LogP contribution in [-0.4, -0.2) is 11.8 Å². The SMILES string of the molecule is C=P/C(=N/N(c1ccc(C)cc1)c1ccc(C)cc1)c1ccccc1. The number of aryl methyl sites for hydroxylation is 2. The molecule has 0 atom stereocenters. The molecule has 3 rings (SSSR count). The van der Waals surface area contributed by atoms with E-state index in [0.29, 0.717) is 0 Å². The molecule has 0 N–H and O–H groups in total. The maximum Gasteiger partial charge on any atom is 0.117 e. The Morgan fingerprint density at radius 3 is 1.68 bits per heavy atom. The summed E-state index contributed by atoms with van der Waals surface area (Å²) >= 11 is 0. The first-order valence-electron chi connectivity index (χ1n) is 8.21. The van der Waals surface area contributed by atoms with Crippen LogP contribution in [0.5, 0.6) is 0 Å². The zero-order valence-corrected chi connectivity index (χ0v) is 15.4. The van der Waals surface area contributed by atoms with Crippen molar-refractivity contribution in [2.75, 3.05) is 5.01 Å². The summed E-state index contributed by atoms with van der Waals surface area (Å²) in [5, 5.41) is 6.93. The number of benzene rings is 3. The molecule has 0 bridgehead atoms. The van der Waals surface area contributed by atoms with Gasteiger partial charge in [-0.3, -0.25) is 0 Å². The number of nitrogens with zero attached hydrogens (tertiary/aromatic N) is 2. The number of hydrazone groups is 1. The summed E-state index contributed by atoms with van der Waals surface area (Å²) in [7, 11) is 0.884. The van der Waals surface area contributed by atoms with E-state index in [0.717, 1.165) is 30.6 Å². The van der Waals surface area contributed by atoms with E-state index in [2.05, 4.69) is 80.8 Å². The standard InChI is InChI=1S/C22H21N2P/c1-17-9-13-20(14-10-17)24(21-15-11-18(2)12-16-21)23-22(25-3)19-7-5-4-6-8-19/h4-16H,3H2,1-2H3/b23-22+. The highest BCUT2D eigenvalue weighted by Gasteiger charge is 2.10. The summed E-state index contributed by atoms with van der Waals surface area (Å²) in [6, 6.07) is 27.0. The third kappa shape index (κ3) is 4.23. The Bertz CT molecular complexity index is 821. The van der Waals surface area contributed by atoms with Gasteiger partial charge < -0.3 is 0 Å². The van der Waals surface area contributed by atoms with Gasteiger partial charge >= 0.3 is 0 Å². The van der Waals surface area contributed by atoms with Crippen molar-refractivity contribution in [3.05, 3.63) is 95.6 Å². The van der Waals surface area contributed by atoms with Crippen LogP contribution < -0.4 is 5.01 Å². The molecule has 0 fully saturated rings. The van der Waals surface area contributed by atoms with Gasteiger partial charge in [-0.1, -0.05) is 80.2 Å². The third-order valence-corrected chi connectivity index (χ3v) is 4.58. The lowest BCUT2D eigenvalue weighted by Gasteiger charge is -2.21. The molecule has 3 aromatic rings. The molecule has 0 spiro atoms. The lowest BCUT2D eigenvalue weighted by molar-refractivity contribution is 1.09. The van der Waals surface area contributed by atoms with E-state index < -0.39 is 0 Å². The zero-order valence-electron chi connectivity index (χ0n) is 14.6.